The summed E-state index contributed by atoms with van der Waals surface area (Å²) in [7, 11) is 0. The van der Waals surface area contributed by atoms with Crippen LogP contribution in [0.25, 0.3) is 0 Å². The fraction of sp³-hybridized carbons (Fsp3) is 0.917. The molecule has 0 fully saturated rings. The second kappa shape index (κ2) is 9.97. The van der Waals surface area contributed by atoms with Crippen molar-refractivity contribution in [2.75, 3.05) is 19.6 Å². The molecular weight excluding hydrogens is 188 g/mol. The maximum absolute atomic E-state index is 11.2. The number of amides is 1. The van der Waals surface area contributed by atoms with Crippen molar-refractivity contribution in [3.63, 3.8) is 0 Å². The van der Waals surface area contributed by atoms with Crippen LogP contribution in [-0.2, 0) is 4.79 Å². The highest BCUT2D eigenvalue weighted by atomic mass is 16.1. The molecule has 2 N–H and O–H groups in total. The molecule has 0 radical (unpaired) electrons. The van der Waals surface area contributed by atoms with E-state index in [1.165, 1.54) is 12.8 Å². The van der Waals surface area contributed by atoms with Crippen molar-refractivity contribution in [1.82, 2.24) is 10.6 Å². The average molecular weight is 214 g/mol. The van der Waals surface area contributed by atoms with Crippen LogP contribution >= 0.6 is 0 Å². The van der Waals surface area contributed by atoms with Crippen LogP contribution in [0.3, 0.4) is 0 Å². The van der Waals surface area contributed by atoms with Gasteiger partial charge in [-0.15, -0.1) is 0 Å². The predicted octanol–water partition coefficient (Wildman–Crippen LogP) is 1.93. The number of hydrogen-bond donors (Lipinski definition) is 2. The van der Waals surface area contributed by atoms with Crippen molar-refractivity contribution >= 4 is 5.91 Å². The van der Waals surface area contributed by atoms with E-state index in [9.17, 15) is 4.79 Å². The Morgan fingerprint density at radius 3 is 2.53 bits per heavy atom. The van der Waals surface area contributed by atoms with Crippen LogP contribution in [0, 0.1) is 5.92 Å². The van der Waals surface area contributed by atoms with Gasteiger partial charge in [0.25, 0.3) is 0 Å². The Kier molecular flexibility index (Phi) is 9.59. The Bertz CT molecular complexity index is 160. The van der Waals surface area contributed by atoms with E-state index < -0.39 is 0 Å². The molecular formula is C12H26N2O. The van der Waals surface area contributed by atoms with E-state index in [-0.39, 0.29) is 5.91 Å². The standard InChI is InChI=1S/C12H26N2O/c1-4-6-11(3)10-13-9-7-12(15)14-8-5-2/h11,13H,4-10H2,1-3H3,(H,14,15). The minimum absolute atomic E-state index is 0.160. The van der Waals surface area contributed by atoms with Crippen molar-refractivity contribution < 1.29 is 4.79 Å². The third-order valence-corrected chi connectivity index (χ3v) is 2.38. The van der Waals surface area contributed by atoms with Gasteiger partial charge in [-0.1, -0.05) is 27.2 Å². The van der Waals surface area contributed by atoms with Gasteiger partial charge in [0.2, 0.25) is 5.91 Å². The van der Waals surface area contributed by atoms with Gasteiger partial charge in [0, 0.05) is 19.5 Å². The monoisotopic (exact) mass is 214 g/mol. The van der Waals surface area contributed by atoms with Crippen LogP contribution in [0.1, 0.15) is 46.5 Å². The van der Waals surface area contributed by atoms with Crippen molar-refractivity contribution in [2.24, 2.45) is 5.92 Å². The van der Waals surface area contributed by atoms with Crippen molar-refractivity contribution in [2.45, 2.75) is 46.5 Å². The van der Waals surface area contributed by atoms with Gasteiger partial charge in [-0.25, -0.2) is 0 Å². The van der Waals surface area contributed by atoms with Crippen LogP contribution in [0.15, 0.2) is 0 Å². The minimum atomic E-state index is 0.160. The van der Waals surface area contributed by atoms with Crippen LogP contribution in [0.4, 0.5) is 0 Å². The molecule has 0 aromatic heterocycles. The molecule has 15 heavy (non-hydrogen) atoms. The first kappa shape index (κ1) is 14.4. The fourth-order valence-electron chi connectivity index (χ4n) is 1.50. The predicted molar refractivity (Wildman–Crippen MR) is 64.9 cm³/mol. The molecule has 0 heterocycles. The molecule has 0 spiro atoms. The zero-order chi connectivity index (χ0) is 11.5. The minimum Gasteiger partial charge on any atom is -0.356 e. The Balaban J connectivity index is 3.26. The topological polar surface area (TPSA) is 41.1 Å². The molecule has 90 valence electrons. The van der Waals surface area contributed by atoms with Crippen molar-refractivity contribution in [3.8, 4) is 0 Å². The summed E-state index contributed by atoms with van der Waals surface area (Å²) in [4.78, 5) is 11.2. The lowest BCUT2D eigenvalue weighted by molar-refractivity contribution is -0.120. The Morgan fingerprint density at radius 1 is 1.20 bits per heavy atom. The number of carbonyl (C=O) groups excluding carboxylic acids is 1. The lowest BCUT2D eigenvalue weighted by atomic mass is 10.1. The Morgan fingerprint density at radius 2 is 1.93 bits per heavy atom. The van der Waals surface area contributed by atoms with Gasteiger partial charge in [0.05, 0.1) is 0 Å². The normalized spacial score (nSPS) is 12.5. The van der Waals surface area contributed by atoms with Gasteiger partial charge in [0.15, 0.2) is 0 Å². The third-order valence-electron chi connectivity index (χ3n) is 2.38. The average Bonchev–Trinajstić information content (AvgIpc) is 2.22. The molecule has 0 rings (SSSR count). The summed E-state index contributed by atoms with van der Waals surface area (Å²) in [6, 6.07) is 0. The van der Waals surface area contributed by atoms with Gasteiger partial charge >= 0.3 is 0 Å². The number of nitrogens with one attached hydrogen (secondary N) is 2. The quantitative estimate of drug-likeness (QED) is 0.576. The van der Waals surface area contributed by atoms with Crippen LogP contribution in [0.2, 0.25) is 0 Å². The molecule has 0 bridgehead atoms. The second-order valence-electron chi connectivity index (χ2n) is 4.20. The van der Waals surface area contributed by atoms with E-state index in [0.29, 0.717) is 12.3 Å². The molecule has 1 atom stereocenters. The molecule has 0 aliphatic heterocycles. The Hall–Kier alpha value is -0.570. The van der Waals surface area contributed by atoms with E-state index >= 15 is 0 Å². The summed E-state index contributed by atoms with van der Waals surface area (Å²) in [5, 5.41) is 6.18. The van der Waals surface area contributed by atoms with E-state index in [1.807, 2.05) is 0 Å². The molecule has 0 aliphatic carbocycles. The molecule has 0 aliphatic rings. The maximum Gasteiger partial charge on any atom is 0.221 e. The number of rotatable bonds is 9. The van der Waals surface area contributed by atoms with Gasteiger partial charge in [-0.3, -0.25) is 4.79 Å². The van der Waals surface area contributed by atoms with Crippen LogP contribution < -0.4 is 10.6 Å². The smallest absolute Gasteiger partial charge is 0.221 e. The van der Waals surface area contributed by atoms with Crippen molar-refractivity contribution in [3.05, 3.63) is 0 Å². The summed E-state index contributed by atoms with van der Waals surface area (Å²) in [5.41, 5.74) is 0. The first-order valence-electron chi connectivity index (χ1n) is 6.18. The Labute approximate surface area is 94.0 Å². The molecule has 1 amide bonds. The number of carbonyl (C=O) groups is 1. The van der Waals surface area contributed by atoms with E-state index in [4.69, 9.17) is 0 Å². The van der Waals surface area contributed by atoms with Gasteiger partial charge < -0.3 is 10.6 Å². The summed E-state index contributed by atoms with van der Waals surface area (Å²) in [6.45, 7) is 9.12. The van der Waals surface area contributed by atoms with E-state index in [2.05, 4.69) is 31.4 Å². The first-order valence-corrected chi connectivity index (χ1v) is 6.18. The lowest BCUT2D eigenvalue weighted by Gasteiger charge is -2.11. The summed E-state index contributed by atoms with van der Waals surface area (Å²) in [5.74, 6) is 0.876. The highest BCUT2D eigenvalue weighted by Crippen LogP contribution is 2.02. The summed E-state index contributed by atoms with van der Waals surface area (Å²) in [6.07, 6.45) is 4.10. The fourth-order valence-corrected chi connectivity index (χ4v) is 1.50. The molecule has 0 aromatic rings. The second-order valence-corrected chi connectivity index (χ2v) is 4.20. The number of hydrogen-bond acceptors (Lipinski definition) is 2. The van der Waals surface area contributed by atoms with Gasteiger partial charge in [-0.05, 0) is 25.3 Å². The maximum atomic E-state index is 11.2. The van der Waals surface area contributed by atoms with Crippen molar-refractivity contribution in [1.29, 1.82) is 0 Å². The molecule has 1 unspecified atom stereocenters. The van der Waals surface area contributed by atoms with E-state index in [1.54, 1.807) is 0 Å². The SMILES string of the molecule is CCCNC(=O)CCNCC(C)CCC. The zero-order valence-corrected chi connectivity index (χ0v) is 10.4. The third kappa shape index (κ3) is 9.73. The summed E-state index contributed by atoms with van der Waals surface area (Å²) >= 11 is 0. The van der Waals surface area contributed by atoms with Gasteiger partial charge in [0.1, 0.15) is 0 Å². The molecule has 0 saturated heterocycles. The largest absolute Gasteiger partial charge is 0.356 e. The molecule has 3 nitrogen and oxygen atoms in total. The molecule has 3 heteroatoms. The van der Waals surface area contributed by atoms with Crippen LogP contribution in [0.5, 0.6) is 0 Å². The lowest BCUT2D eigenvalue weighted by Crippen LogP contribution is -2.29. The molecule has 0 saturated carbocycles. The molecule has 0 aromatic carbocycles. The first-order chi connectivity index (χ1) is 7.20. The summed E-state index contributed by atoms with van der Waals surface area (Å²) < 4.78 is 0. The highest BCUT2D eigenvalue weighted by molar-refractivity contribution is 5.75. The van der Waals surface area contributed by atoms with Gasteiger partial charge in [-0.2, -0.15) is 0 Å². The highest BCUT2D eigenvalue weighted by Gasteiger charge is 2.01. The zero-order valence-electron chi connectivity index (χ0n) is 10.4. The van der Waals surface area contributed by atoms with E-state index in [0.717, 1.165) is 26.1 Å². The van der Waals surface area contributed by atoms with Crippen LogP contribution in [-0.4, -0.2) is 25.5 Å².